The lowest BCUT2D eigenvalue weighted by Crippen LogP contribution is -2.61. The molecular weight excluding hydrogens is 426 g/mol. The summed E-state index contributed by atoms with van der Waals surface area (Å²) in [5.41, 5.74) is 2.09. The first-order valence-electron chi connectivity index (χ1n) is 12.9. The highest BCUT2D eigenvalue weighted by Gasteiger charge is 2.46. The van der Waals surface area contributed by atoms with E-state index in [2.05, 4.69) is 50.3 Å². The highest BCUT2D eigenvalue weighted by atomic mass is 16.3. The molecule has 2 saturated carbocycles. The fourth-order valence-corrected chi connectivity index (χ4v) is 7.08. The normalized spacial score (nSPS) is 30.8. The van der Waals surface area contributed by atoms with Crippen LogP contribution in [0, 0.1) is 11.8 Å². The second kappa shape index (κ2) is 8.61. The van der Waals surface area contributed by atoms with E-state index in [0.29, 0.717) is 18.8 Å². The van der Waals surface area contributed by atoms with E-state index in [9.17, 15) is 9.90 Å². The van der Waals surface area contributed by atoms with E-state index in [1.165, 1.54) is 31.2 Å². The molecule has 2 unspecified atom stereocenters. The summed E-state index contributed by atoms with van der Waals surface area (Å²) in [6.45, 7) is 6.49. The largest absolute Gasteiger partial charge is 0.386 e. The number of hydrogen-bond acceptors (Lipinski definition) is 6. The van der Waals surface area contributed by atoms with Crippen molar-refractivity contribution in [2.24, 2.45) is 11.8 Å². The minimum Gasteiger partial charge on any atom is -0.386 e. The van der Waals surface area contributed by atoms with Gasteiger partial charge in [-0.3, -0.25) is 9.69 Å². The molecule has 34 heavy (non-hydrogen) atoms. The van der Waals surface area contributed by atoms with Gasteiger partial charge in [-0.1, -0.05) is 30.3 Å². The van der Waals surface area contributed by atoms with Gasteiger partial charge in [-0.15, -0.1) is 5.10 Å². The topological polar surface area (TPSA) is 72.8 Å². The van der Waals surface area contributed by atoms with E-state index < -0.39 is 5.60 Å². The van der Waals surface area contributed by atoms with Crippen molar-refractivity contribution in [1.82, 2.24) is 20.0 Å². The van der Waals surface area contributed by atoms with Crippen LogP contribution in [0.1, 0.15) is 54.6 Å². The van der Waals surface area contributed by atoms with Gasteiger partial charge in [-0.25, -0.2) is 0 Å². The number of nitrogens with zero attached hydrogens (tertiary/aromatic N) is 5. The van der Waals surface area contributed by atoms with Gasteiger partial charge < -0.3 is 14.9 Å². The van der Waals surface area contributed by atoms with Crippen LogP contribution in [0.15, 0.2) is 42.6 Å². The Hall–Kier alpha value is -2.51. The first kappa shape index (κ1) is 22.0. The van der Waals surface area contributed by atoms with Crippen LogP contribution >= 0.6 is 0 Å². The van der Waals surface area contributed by atoms with Crippen molar-refractivity contribution >= 4 is 11.6 Å². The predicted molar refractivity (Wildman–Crippen MR) is 131 cm³/mol. The first-order valence-corrected chi connectivity index (χ1v) is 12.9. The van der Waals surface area contributed by atoms with Crippen molar-refractivity contribution in [3.05, 3.63) is 53.9 Å². The Balaban J connectivity index is 1.07. The van der Waals surface area contributed by atoms with Crippen LogP contribution in [0.4, 0.5) is 5.69 Å². The van der Waals surface area contributed by atoms with Gasteiger partial charge in [0, 0.05) is 32.2 Å². The number of anilines is 1. The van der Waals surface area contributed by atoms with Crippen molar-refractivity contribution < 1.29 is 9.90 Å². The molecular formula is C27H35N5O2. The number of carbonyl (C=O) groups excluding carboxylic acids is 1. The summed E-state index contributed by atoms with van der Waals surface area (Å²) < 4.78 is 0. The third-order valence-corrected chi connectivity index (χ3v) is 8.63. The second-order valence-electron chi connectivity index (χ2n) is 11.1. The summed E-state index contributed by atoms with van der Waals surface area (Å²) in [7, 11) is 0. The average Bonchev–Trinajstić information content (AvgIpc) is 3.11. The molecule has 1 aromatic heterocycles. The third kappa shape index (κ3) is 4.09. The van der Waals surface area contributed by atoms with E-state index in [1.807, 2.05) is 6.07 Å². The van der Waals surface area contributed by atoms with Crippen LogP contribution in [0.25, 0.3) is 0 Å². The fourth-order valence-electron chi connectivity index (χ4n) is 7.08. The summed E-state index contributed by atoms with van der Waals surface area (Å²) in [4.78, 5) is 19.4. The van der Waals surface area contributed by atoms with Crippen molar-refractivity contribution in [1.29, 1.82) is 0 Å². The summed E-state index contributed by atoms with van der Waals surface area (Å²) in [6.07, 6.45) is 7.18. The van der Waals surface area contributed by atoms with Gasteiger partial charge in [0.05, 0.1) is 30.6 Å². The number of hydrogen-bond donors (Lipinski definition) is 1. The molecule has 2 aliphatic heterocycles. The third-order valence-electron chi connectivity index (χ3n) is 8.63. The van der Waals surface area contributed by atoms with Gasteiger partial charge in [-0.2, -0.15) is 5.10 Å². The van der Waals surface area contributed by atoms with Gasteiger partial charge >= 0.3 is 0 Å². The summed E-state index contributed by atoms with van der Waals surface area (Å²) in [6, 6.07) is 13.7. The number of β-amino-alcohol motifs (C(OH)–C–C–N with tert-alkyl or cyclic N) is 1. The summed E-state index contributed by atoms with van der Waals surface area (Å²) in [5, 5.41) is 18.1. The zero-order valence-corrected chi connectivity index (χ0v) is 20.0. The molecule has 1 N–H and O–H groups in total. The van der Waals surface area contributed by atoms with Crippen molar-refractivity contribution in [3.63, 3.8) is 0 Å². The smallest absolute Gasteiger partial charge is 0.274 e. The van der Waals surface area contributed by atoms with Crippen LogP contribution < -0.4 is 4.90 Å². The number of aliphatic hydroxyl groups is 1. The van der Waals surface area contributed by atoms with Crippen molar-refractivity contribution in [3.8, 4) is 0 Å². The van der Waals surface area contributed by atoms with Gasteiger partial charge in [0.2, 0.25) is 0 Å². The Morgan fingerprint density at radius 3 is 2.35 bits per heavy atom. The van der Waals surface area contributed by atoms with E-state index in [-0.39, 0.29) is 5.91 Å². The quantitative estimate of drug-likeness (QED) is 0.755. The lowest BCUT2D eigenvalue weighted by Gasteiger charge is -2.46. The summed E-state index contributed by atoms with van der Waals surface area (Å²) in [5.74, 6) is 2.21. The molecule has 1 aromatic carbocycles. The number of rotatable bonds is 4. The first-order chi connectivity index (χ1) is 16.5. The van der Waals surface area contributed by atoms with Crippen LogP contribution in [-0.4, -0.2) is 81.9 Å². The van der Waals surface area contributed by atoms with E-state index in [0.717, 1.165) is 55.7 Å². The number of amides is 1. The molecule has 2 aliphatic carbocycles. The van der Waals surface area contributed by atoms with Crippen LogP contribution in [0.2, 0.25) is 0 Å². The van der Waals surface area contributed by atoms with Crippen LogP contribution in [-0.2, 0) is 0 Å². The van der Waals surface area contributed by atoms with Crippen LogP contribution in [0.3, 0.4) is 0 Å². The molecule has 7 heteroatoms. The maximum Gasteiger partial charge on any atom is 0.274 e. The maximum atomic E-state index is 12.7. The molecule has 4 atom stereocenters. The number of piperazine rings is 1. The number of benzene rings is 1. The highest BCUT2D eigenvalue weighted by molar-refractivity contribution is 5.93. The Morgan fingerprint density at radius 2 is 1.71 bits per heavy atom. The van der Waals surface area contributed by atoms with E-state index >= 15 is 0 Å². The van der Waals surface area contributed by atoms with Gasteiger partial charge in [-0.05, 0) is 62.0 Å². The molecule has 4 aliphatic rings. The Labute approximate surface area is 201 Å². The number of fused-ring (bicyclic) bond motifs is 2. The zero-order valence-electron chi connectivity index (χ0n) is 20.0. The molecule has 4 fully saturated rings. The Kier molecular flexibility index (Phi) is 5.57. The molecule has 2 saturated heterocycles. The van der Waals surface area contributed by atoms with Gasteiger partial charge in [0.15, 0.2) is 5.69 Å². The molecule has 1 amide bonds. The van der Waals surface area contributed by atoms with E-state index in [4.69, 9.17) is 0 Å². The minimum absolute atomic E-state index is 0.147. The molecule has 0 radical (unpaired) electrons. The van der Waals surface area contributed by atoms with E-state index in [1.54, 1.807) is 18.0 Å². The highest BCUT2D eigenvalue weighted by Crippen LogP contribution is 2.50. The Bertz CT molecular complexity index is 1010. The molecule has 0 spiro atoms. The monoisotopic (exact) mass is 461 g/mol. The lowest BCUT2D eigenvalue weighted by atomic mass is 9.74. The summed E-state index contributed by atoms with van der Waals surface area (Å²) >= 11 is 0. The minimum atomic E-state index is -0.781. The van der Waals surface area contributed by atoms with Crippen molar-refractivity contribution in [2.45, 2.75) is 50.2 Å². The lowest BCUT2D eigenvalue weighted by molar-refractivity contribution is -0.0671. The molecule has 2 bridgehead atoms. The maximum absolute atomic E-state index is 12.7. The number of carbonyl (C=O) groups is 1. The van der Waals surface area contributed by atoms with Gasteiger partial charge in [0.25, 0.3) is 5.91 Å². The van der Waals surface area contributed by atoms with Gasteiger partial charge in [0.1, 0.15) is 0 Å². The molecule has 180 valence electrons. The number of likely N-dealkylation sites (tertiary alicyclic amines) is 1. The predicted octanol–water partition coefficient (Wildman–Crippen LogP) is 2.78. The standard InChI is InChI=1S/C27H35N5O2/c1-27(34)17-32(18-27)26(33)24-15-23(16-28-29-24)30-9-11-31(12-10-30)25-20-7-8-21(25)14-22(13-20)19-5-3-2-4-6-19/h2-6,15-16,20-22,25,34H,7-14,17-18H2,1H3/t20-,21+,22?,25?. The Morgan fingerprint density at radius 1 is 1.03 bits per heavy atom. The molecule has 2 aromatic rings. The fraction of sp³-hybridized carbons (Fsp3) is 0.593. The molecule has 7 nitrogen and oxygen atoms in total. The zero-order chi connectivity index (χ0) is 23.3. The molecule has 3 heterocycles. The second-order valence-corrected chi connectivity index (χ2v) is 11.1. The molecule has 6 rings (SSSR count). The number of aromatic nitrogens is 2. The van der Waals surface area contributed by atoms with Crippen LogP contribution in [0.5, 0.6) is 0 Å². The SMILES string of the molecule is CC1(O)CN(C(=O)c2cc(N3CCN(C4[C@@H]5CC[C@H]4CC(c4ccccc4)C5)CC3)cnn2)C1. The van der Waals surface area contributed by atoms with Crippen molar-refractivity contribution in [2.75, 3.05) is 44.2 Å². The average molecular weight is 462 g/mol.